The summed E-state index contributed by atoms with van der Waals surface area (Å²) in [4.78, 5) is 21.9. The molecule has 1 aromatic carbocycles. The van der Waals surface area contributed by atoms with Gasteiger partial charge in [0.1, 0.15) is 5.82 Å². The van der Waals surface area contributed by atoms with Crippen LogP contribution in [0.4, 0.5) is 5.82 Å². The van der Waals surface area contributed by atoms with Crippen molar-refractivity contribution in [3.8, 4) is 28.6 Å². The van der Waals surface area contributed by atoms with E-state index in [0.29, 0.717) is 28.9 Å². The van der Waals surface area contributed by atoms with Gasteiger partial charge >= 0.3 is 0 Å². The summed E-state index contributed by atoms with van der Waals surface area (Å²) >= 11 is 0. The van der Waals surface area contributed by atoms with Crippen molar-refractivity contribution in [2.75, 3.05) is 19.2 Å². The number of hydrogen-bond donors (Lipinski definition) is 1. The first kappa shape index (κ1) is 17.5. The summed E-state index contributed by atoms with van der Waals surface area (Å²) in [6.45, 7) is 0.215. The minimum atomic E-state index is -0.551. The molecule has 3 aromatic rings. The lowest BCUT2D eigenvalue weighted by atomic mass is 9.94. The molecule has 0 unspecified atom stereocenters. The molecule has 1 amide bonds. The fraction of sp³-hybridized carbons (Fsp3) is 0.227. The molecule has 1 aliphatic carbocycles. The fourth-order valence-electron chi connectivity index (χ4n) is 3.60. The number of ether oxygens (including phenoxy) is 3. The maximum Gasteiger partial charge on any atom is 0.236 e. The number of nitrogens with zero attached hydrogens (tertiary/aromatic N) is 2. The summed E-state index contributed by atoms with van der Waals surface area (Å²) in [6, 6.07) is 14.9. The quantitative estimate of drug-likeness (QED) is 0.712. The van der Waals surface area contributed by atoms with Gasteiger partial charge in [0.15, 0.2) is 11.5 Å². The molecule has 5 rings (SSSR count). The highest BCUT2D eigenvalue weighted by Crippen LogP contribution is 2.51. The number of pyridine rings is 2. The number of anilines is 1. The fourth-order valence-corrected chi connectivity index (χ4v) is 3.60. The van der Waals surface area contributed by atoms with E-state index in [9.17, 15) is 4.79 Å². The average Bonchev–Trinajstić information content (AvgIpc) is 3.45. The third-order valence-electron chi connectivity index (χ3n) is 5.34. The van der Waals surface area contributed by atoms with Crippen LogP contribution in [0.2, 0.25) is 0 Å². The number of aromatic nitrogens is 2. The van der Waals surface area contributed by atoms with Crippen molar-refractivity contribution in [1.82, 2.24) is 9.97 Å². The maximum atomic E-state index is 13.1. The monoisotopic (exact) mass is 391 g/mol. The smallest absolute Gasteiger partial charge is 0.236 e. The maximum absolute atomic E-state index is 13.1. The van der Waals surface area contributed by atoms with Gasteiger partial charge in [-0.2, -0.15) is 0 Å². The molecule has 2 aromatic heterocycles. The number of hydrogen-bond acceptors (Lipinski definition) is 6. The predicted molar refractivity (Wildman–Crippen MR) is 108 cm³/mol. The first-order valence-corrected chi connectivity index (χ1v) is 9.38. The number of methoxy groups -OCH3 is 1. The van der Waals surface area contributed by atoms with Crippen LogP contribution >= 0.6 is 0 Å². The van der Waals surface area contributed by atoms with Gasteiger partial charge in [-0.25, -0.2) is 9.97 Å². The number of benzene rings is 1. The molecule has 1 fully saturated rings. The molecule has 1 aliphatic heterocycles. The van der Waals surface area contributed by atoms with Gasteiger partial charge < -0.3 is 19.5 Å². The number of amides is 1. The molecule has 1 saturated carbocycles. The van der Waals surface area contributed by atoms with Crippen molar-refractivity contribution in [3.63, 3.8) is 0 Å². The lowest BCUT2D eigenvalue weighted by Crippen LogP contribution is -2.28. The van der Waals surface area contributed by atoms with Crippen molar-refractivity contribution in [2.24, 2.45) is 0 Å². The van der Waals surface area contributed by atoms with E-state index in [1.54, 1.807) is 19.4 Å². The second-order valence-electron chi connectivity index (χ2n) is 7.07. The van der Waals surface area contributed by atoms with Crippen molar-refractivity contribution < 1.29 is 20.4 Å². The Bertz CT molecular complexity index is 1100. The highest BCUT2D eigenvalue weighted by molar-refractivity contribution is 6.01. The van der Waals surface area contributed by atoms with E-state index in [-0.39, 0.29) is 14.1 Å². The molecule has 29 heavy (non-hydrogen) atoms. The SMILES string of the molecule is COc1ncccc1-c1cccc(NC(=O)C2(c3ccc4c(c3)OCO4)CC2)n1.[HH]. The number of rotatable bonds is 5. The highest BCUT2D eigenvalue weighted by atomic mass is 16.7. The summed E-state index contributed by atoms with van der Waals surface area (Å²) in [7, 11) is 1.57. The van der Waals surface area contributed by atoms with Crippen LogP contribution in [0, 0.1) is 0 Å². The number of fused-ring (bicyclic) bond motifs is 1. The topological polar surface area (TPSA) is 82.6 Å². The Hall–Kier alpha value is -3.61. The number of carbonyl (C=O) groups is 1. The second kappa shape index (κ2) is 6.77. The van der Waals surface area contributed by atoms with E-state index in [1.165, 1.54) is 0 Å². The van der Waals surface area contributed by atoms with Crippen molar-refractivity contribution in [2.45, 2.75) is 18.3 Å². The Labute approximate surface area is 169 Å². The second-order valence-corrected chi connectivity index (χ2v) is 7.07. The zero-order chi connectivity index (χ0) is 19.8. The minimum Gasteiger partial charge on any atom is -0.481 e. The van der Waals surface area contributed by atoms with E-state index >= 15 is 0 Å². The zero-order valence-corrected chi connectivity index (χ0v) is 15.8. The van der Waals surface area contributed by atoms with Gasteiger partial charge in [0.05, 0.1) is 23.8 Å². The Kier molecular flexibility index (Phi) is 4.08. The minimum absolute atomic E-state index is 0. The Morgan fingerprint density at radius 1 is 1.14 bits per heavy atom. The highest BCUT2D eigenvalue weighted by Gasteiger charge is 2.51. The van der Waals surface area contributed by atoms with E-state index in [0.717, 1.165) is 24.0 Å². The van der Waals surface area contributed by atoms with Crippen LogP contribution in [0.15, 0.2) is 54.7 Å². The van der Waals surface area contributed by atoms with Gasteiger partial charge in [0.2, 0.25) is 18.6 Å². The van der Waals surface area contributed by atoms with E-state index in [1.807, 2.05) is 42.5 Å². The van der Waals surface area contributed by atoms with Crippen molar-refractivity contribution in [3.05, 3.63) is 60.3 Å². The Balaban J connectivity index is 0.00000218. The van der Waals surface area contributed by atoms with Gasteiger partial charge in [-0.05, 0) is 54.8 Å². The van der Waals surface area contributed by atoms with Gasteiger partial charge in [-0.1, -0.05) is 12.1 Å². The van der Waals surface area contributed by atoms with Crippen LogP contribution < -0.4 is 19.5 Å². The zero-order valence-electron chi connectivity index (χ0n) is 15.8. The van der Waals surface area contributed by atoms with E-state index < -0.39 is 5.41 Å². The molecule has 3 heterocycles. The summed E-state index contributed by atoms with van der Waals surface area (Å²) in [5.41, 5.74) is 1.83. The van der Waals surface area contributed by atoms with Crippen molar-refractivity contribution >= 4 is 11.7 Å². The molecule has 1 N–H and O–H groups in total. The van der Waals surface area contributed by atoms with Crippen LogP contribution in [-0.4, -0.2) is 29.8 Å². The van der Waals surface area contributed by atoms with E-state index in [4.69, 9.17) is 14.2 Å². The van der Waals surface area contributed by atoms with Crippen LogP contribution in [0.3, 0.4) is 0 Å². The molecule has 2 aliphatic rings. The largest absolute Gasteiger partial charge is 0.481 e. The van der Waals surface area contributed by atoms with Crippen LogP contribution in [0.25, 0.3) is 11.3 Å². The molecular formula is C22H21N3O4. The molecule has 0 bridgehead atoms. The number of nitrogens with one attached hydrogen (secondary N) is 1. The third-order valence-corrected chi connectivity index (χ3v) is 5.34. The van der Waals surface area contributed by atoms with Crippen molar-refractivity contribution in [1.29, 1.82) is 0 Å². The summed E-state index contributed by atoms with van der Waals surface area (Å²) in [6.07, 6.45) is 3.24. The summed E-state index contributed by atoms with van der Waals surface area (Å²) in [5, 5.41) is 2.98. The predicted octanol–water partition coefficient (Wildman–Crippen LogP) is 3.80. The molecule has 0 radical (unpaired) electrons. The van der Waals surface area contributed by atoms with Gasteiger partial charge in [0, 0.05) is 7.62 Å². The number of carbonyl (C=O) groups excluding carboxylic acids is 1. The molecular weight excluding hydrogens is 370 g/mol. The third kappa shape index (κ3) is 3.04. The molecule has 7 heteroatoms. The Morgan fingerprint density at radius 2 is 2.00 bits per heavy atom. The summed E-state index contributed by atoms with van der Waals surface area (Å²) in [5.74, 6) is 2.31. The molecule has 7 nitrogen and oxygen atoms in total. The average molecular weight is 391 g/mol. The molecule has 0 saturated heterocycles. The Morgan fingerprint density at radius 3 is 2.83 bits per heavy atom. The van der Waals surface area contributed by atoms with Gasteiger partial charge in [-0.3, -0.25) is 4.79 Å². The first-order chi connectivity index (χ1) is 14.2. The van der Waals surface area contributed by atoms with Gasteiger partial charge in [0.25, 0.3) is 0 Å². The van der Waals surface area contributed by atoms with Crippen LogP contribution in [0.5, 0.6) is 17.4 Å². The van der Waals surface area contributed by atoms with Crippen LogP contribution in [0.1, 0.15) is 19.8 Å². The summed E-state index contributed by atoms with van der Waals surface area (Å²) < 4.78 is 16.2. The van der Waals surface area contributed by atoms with Crippen LogP contribution in [-0.2, 0) is 10.2 Å². The van der Waals surface area contributed by atoms with E-state index in [2.05, 4.69) is 15.3 Å². The molecule has 0 spiro atoms. The standard InChI is InChI=1S/C22H19N3O4.H2/c1-27-20-15(4-3-11-23-20)16-5-2-6-19(24-16)25-21(26)22(9-10-22)14-7-8-17-18(12-14)29-13-28-17;/h2-8,11-12H,9-10,13H2,1H3,(H,24,25,26);1H. The molecule has 148 valence electrons. The lowest BCUT2D eigenvalue weighted by molar-refractivity contribution is -0.118. The van der Waals surface area contributed by atoms with Gasteiger partial charge in [-0.15, -0.1) is 0 Å². The normalized spacial score (nSPS) is 15.6. The molecule has 0 atom stereocenters. The lowest BCUT2D eigenvalue weighted by Gasteiger charge is -2.16. The first-order valence-electron chi connectivity index (χ1n) is 9.38.